The van der Waals surface area contributed by atoms with Crippen molar-refractivity contribution >= 4 is 17.4 Å². The molecule has 0 radical (unpaired) electrons. The molecule has 0 bridgehead atoms. The van der Waals surface area contributed by atoms with Gasteiger partial charge in [-0.3, -0.25) is 9.69 Å². The average Bonchev–Trinajstić information content (AvgIpc) is 2.38. The summed E-state index contributed by atoms with van der Waals surface area (Å²) in [6.07, 6.45) is 0.508. The summed E-state index contributed by atoms with van der Waals surface area (Å²) in [7, 11) is 0. The molecule has 1 atom stereocenters. The average molecular weight is 268 g/mol. The molecular weight excluding hydrogens is 250 g/mol. The van der Waals surface area contributed by atoms with E-state index in [9.17, 15) is 4.79 Å². The maximum atomic E-state index is 12.1. The third kappa shape index (κ3) is 3.31. The highest BCUT2D eigenvalue weighted by Crippen LogP contribution is 2.17. The molecule has 1 aromatic carbocycles. The van der Waals surface area contributed by atoms with E-state index < -0.39 is 0 Å². The van der Waals surface area contributed by atoms with Crippen LogP contribution < -0.4 is 0 Å². The van der Waals surface area contributed by atoms with Crippen molar-refractivity contribution in [2.45, 2.75) is 19.4 Å². The van der Waals surface area contributed by atoms with Gasteiger partial charge in [-0.15, -0.1) is 0 Å². The number of nitrogens with zero attached hydrogens (tertiary/aromatic N) is 1. The molecule has 1 unspecified atom stereocenters. The van der Waals surface area contributed by atoms with E-state index in [2.05, 4.69) is 11.8 Å². The zero-order valence-electron chi connectivity index (χ0n) is 10.6. The number of carbonyl (C=O) groups excluding carboxylic acids is 1. The number of rotatable bonds is 4. The Morgan fingerprint density at radius 1 is 1.50 bits per heavy atom. The lowest BCUT2D eigenvalue weighted by Gasteiger charge is -2.32. The molecule has 98 valence electrons. The van der Waals surface area contributed by atoms with Gasteiger partial charge >= 0.3 is 0 Å². The van der Waals surface area contributed by atoms with Crippen molar-refractivity contribution in [3.05, 3.63) is 34.9 Å². The van der Waals surface area contributed by atoms with Crippen molar-refractivity contribution < 1.29 is 9.53 Å². The predicted octanol–water partition coefficient (Wildman–Crippen LogP) is 2.63. The zero-order chi connectivity index (χ0) is 13.0. The molecule has 1 fully saturated rings. The minimum Gasteiger partial charge on any atom is -0.379 e. The van der Waals surface area contributed by atoms with Gasteiger partial charge in [-0.2, -0.15) is 0 Å². The smallest absolute Gasteiger partial charge is 0.165 e. The van der Waals surface area contributed by atoms with Crippen molar-refractivity contribution in [3.63, 3.8) is 0 Å². The zero-order valence-corrected chi connectivity index (χ0v) is 11.3. The van der Waals surface area contributed by atoms with Gasteiger partial charge in [0.2, 0.25) is 0 Å². The van der Waals surface area contributed by atoms with Crippen LogP contribution in [0.4, 0.5) is 0 Å². The van der Waals surface area contributed by atoms with Crippen LogP contribution in [0, 0.1) is 0 Å². The number of morpholine rings is 1. The number of hydrogen-bond acceptors (Lipinski definition) is 3. The van der Waals surface area contributed by atoms with Crippen molar-refractivity contribution in [1.29, 1.82) is 0 Å². The quantitative estimate of drug-likeness (QED) is 0.786. The molecule has 0 N–H and O–H groups in total. The Bertz CT molecular complexity index is 422. The van der Waals surface area contributed by atoms with Gasteiger partial charge in [0.25, 0.3) is 0 Å². The highest BCUT2D eigenvalue weighted by Gasteiger charge is 2.19. The van der Waals surface area contributed by atoms with Crippen LogP contribution in [0.1, 0.15) is 23.7 Å². The minimum atomic E-state index is 0.110. The molecule has 0 spiro atoms. The van der Waals surface area contributed by atoms with E-state index in [-0.39, 0.29) is 5.78 Å². The molecule has 1 saturated heterocycles. The fraction of sp³-hybridized carbons (Fsp3) is 0.500. The summed E-state index contributed by atoms with van der Waals surface area (Å²) < 4.78 is 5.37. The molecule has 1 aliphatic rings. The van der Waals surface area contributed by atoms with E-state index >= 15 is 0 Å². The van der Waals surface area contributed by atoms with Crippen molar-refractivity contribution in [1.82, 2.24) is 4.90 Å². The number of carbonyl (C=O) groups is 1. The second-order valence-electron chi connectivity index (χ2n) is 4.61. The van der Waals surface area contributed by atoms with E-state index in [0.29, 0.717) is 23.0 Å². The summed E-state index contributed by atoms with van der Waals surface area (Å²) in [5.41, 5.74) is 0.625. The van der Waals surface area contributed by atoms with Crippen LogP contribution >= 0.6 is 11.6 Å². The molecule has 1 aliphatic heterocycles. The lowest BCUT2D eigenvalue weighted by Crippen LogP contribution is -2.44. The van der Waals surface area contributed by atoms with Crippen LogP contribution in [0.5, 0.6) is 0 Å². The van der Waals surface area contributed by atoms with Crippen LogP contribution in [0.15, 0.2) is 24.3 Å². The number of hydrogen-bond donors (Lipinski definition) is 0. The lowest BCUT2D eigenvalue weighted by molar-refractivity contribution is -0.000207. The maximum Gasteiger partial charge on any atom is 0.165 e. The number of Topliss-reactive ketones (excluding diaryl/α,β-unsaturated/α-hetero) is 1. The SMILES string of the molecule is CC1COCCN1CCC(=O)c1ccccc1Cl. The lowest BCUT2D eigenvalue weighted by atomic mass is 10.1. The van der Waals surface area contributed by atoms with Gasteiger partial charge in [-0.05, 0) is 19.1 Å². The Labute approximate surface area is 113 Å². The fourth-order valence-corrected chi connectivity index (χ4v) is 2.40. The number of ether oxygens (including phenoxy) is 1. The fourth-order valence-electron chi connectivity index (χ4n) is 2.16. The third-order valence-electron chi connectivity index (χ3n) is 3.31. The molecule has 1 heterocycles. The van der Waals surface area contributed by atoms with E-state index in [1.54, 1.807) is 12.1 Å². The molecule has 0 aromatic heterocycles. The van der Waals surface area contributed by atoms with Crippen LogP contribution in [0.3, 0.4) is 0 Å². The first kappa shape index (κ1) is 13.5. The summed E-state index contributed by atoms with van der Waals surface area (Å²) in [6, 6.07) is 7.61. The third-order valence-corrected chi connectivity index (χ3v) is 3.64. The highest BCUT2D eigenvalue weighted by atomic mass is 35.5. The van der Waals surface area contributed by atoms with Gasteiger partial charge < -0.3 is 4.74 Å². The first-order chi connectivity index (χ1) is 8.68. The Morgan fingerprint density at radius 2 is 2.28 bits per heavy atom. The van der Waals surface area contributed by atoms with Gasteiger partial charge in [0.05, 0.1) is 18.2 Å². The second kappa shape index (κ2) is 6.32. The monoisotopic (exact) mass is 267 g/mol. The summed E-state index contributed by atoms with van der Waals surface area (Å²) >= 11 is 6.01. The van der Waals surface area contributed by atoms with Crippen LogP contribution in [0.25, 0.3) is 0 Å². The summed E-state index contributed by atoms with van der Waals surface area (Å²) in [6.45, 7) is 5.30. The minimum absolute atomic E-state index is 0.110. The van der Waals surface area contributed by atoms with E-state index in [1.807, 2.05) is 12.1 Å². The number of halogens is 1. The van der Waals surface area contributed by atoms with Gasteiger partial charge in [0, 0.05) is 31.1 Å². The second-order valence-corrected chi connectivity index (χ2v) is 5.02. The van der Waals surface area contributed by atoms with Gasteiger partial charge in [0.1, 0.15) is 0 Å². The Hall–Kier alpha value is -0.900. The van der Waals surface area contributed by atoms with Crippen LogP contribution in [-0.4, -0.2) is 43.0 Å². The molecular formula is C14H18ClNO2. The summed E-state index contributed by atoms with van der Waals surface area (Å²) in [4.78, 5) is 14.4. The van der Waals surface area contributed by atoms with Gasteiger partial charge in [-0.25, -0.2) is 0 Å². The Balaban J connectivity index is 1.90. The molecule has 0 saturated carbocycles. The van der Waals surface area contributed by atoms with Crippen LogP contribution in [0.2, 0.25) is 5.02 Å². The Kier molecular flexibility index (Phi) is 4.75. The molecule has 18 heavy (non-hydrogen) atoms. The highest BCUT2D eigenvalue weighted by molar-refractivity contribution is 6.33. The molecule has 3 nitrogen and oxygen atoms in total. The van der Waals surface area contributed by atoms with Crippen LogP contribution in [-0.2, 0) is 4.74 Å². The summed E-state index contributed by atoms with van der Waals surface area (Å²) in [5.74, 6) is 0.110. The van der Waals surface area contributed by atoms with E-state index in [0.717, 1.165) is 26.3 Å². The van der Waals surface area contributed by atoms with Crippen molar-refractivity contribution in [2.75, 3.05) is 26.3 Å². The maximum absolute atomic E-state index is 12.1. The van der Waals surface area contributed by atoms with Crippen molar-refractivity contribution in [2.24, 2.45) is 0 Å². The molecule has 4 heteroatoms. The molecule has 0 amide bonds. The molecule has 1 aromatic rings. The van der Waals surface area contributed by atoms with Gasteiger partial charge in [-0.1, -0.05) is 23.7 Å². The largest absolute Gasteiger partial charge is 0.379 e. The van der Waals surface area contributed by atoms with Crippen molar-refractivity contribution in [3.8, 4) is 0 Å². The molecule has 0 aliphatic carbocycles. The predicted molar refractivity (Wildman–Crippen MR) is 72.3 cm³/mol. The summed E-state index contributed by atoms with van der Waals surface area (Å²) in [5, 5.41) is 0.539. The number of ketones is 1. The van der Waals surface area contributed by atoms with Gasteiger partial charge in [0.15, 0.2) is 5.78 Å². The van der Waals surface area contributed by atoms with E-state index in [4.69, 9.17) is 16.3 Å². The van der Waals surface area contributed by atoms with E-state index in [1.165, 1.54) is 0 Å². The first-order valence-corrected chi connectivity index (χ1v) is 6.66. The normalized spacial score (nSPS) is 20.9. The first-order valence-electron chi connectivity index (χ1n) is 6.28. The number of benzene rings is 1. The Morgan fingerprint density at radius 3 is 3.00 bits per heavy atom. The standard InChI is InChI=1S/C14H18ClNO2/c1-11-10-18-9-8-16(11)7-6-14(17)12-4-2-3-5-13(12)15/h2-5,11H,6-10H2,1H3. The topological polar surface area (TPSA) is 29.5 Å². The molecule has 2 rings (SSSR count).